The number of non-ortho nitro benzene ring substituents is 1. The zero-order valence-electron chi connectivity index (χ0n) is 16.5. The van der Waals surface area contributed by atoms with Crippen molar-refractivity contribution in [3.05, 3.63) is 88.0 Å². The van der Waals surface area contributed by atoms with Gasteiger partial charge >= 0.3 is 0 Å². The lowest BCUT2D eigenvalue weighted by Crippen LogP contribution is -2.28. The molecule has 0 fully saturated rings. The number of rotatable bonds is 6. The monoisotopic (exact) mass is 390 g/mol. The van der Waals surface area contributed by atoms with Crippen molar-refractivity contribution >= 4 is 28.4 Å². The molecular weight excluding hydrogens is 368 g/mol. The third-order valence-corrected chi connectivity index (χ3v) is 4.98. The summed E-state index contributed by atoms with van der Waals surface area (Å²) < 4.78 is 5.24. The fraction of sp³-hybridized carbons (Fsp3) is 0.174. The van der Waals surface area contributed by atoms with Gasteiger partial charge in [0.1, 0.15) is 5.75 Å². The zero-order valence-corrected chi connectivity index (χ0v) is 16.5. The van der Waals surface area contributed by atoms with E-state index < -0.39 is 4.92 Å². The van der Waals surface area contributed by atoms with Crippen LogP contribution < -0.4 is 4.74 Å². The number of nitro groups is 1. The second-order valence-electron chi connectivity index (χ2n) is 6.78. The van der Waals surface area contributed by atoms with Crippen LogP contribution in [0.5, 0.6) is 5.75 Å². The van der Waals surface area contributed by atoms with Crippen molar-refractivity contribution in [3.63, 3.8) is 0 Å². The van der Waals surface area contributed by atoms with Crippen LogP contribution in [0.2, 0.25) is 0 Å². The summed E-state index contributed by atoms with van der Waals surface area (Å²) in [4.78, 5) is 24.7. The van der Waals surface area contributed by atoms with Crippen LogP contribution in [0.4, 0.5) is 5.69 Å². The molecule has 0 unspecified atom stereocenters. The molecular formula is C23H22N2O4. The Balaban J connectivity index is 1.74. The predicted molar refractivity (Wildman–Crippen MR) is 114 cm³/mol. The van der Waals surface area contributed by atoms with Gasteiger partial charge in [0.2, 0.25) is 5.91 Å². The second-order valence-corrected chi connectivity index (χ2v) is 6.78. The molecule has 0 aliphatic heterocycles. The number of hydrogen-bond acceptors (Lipinski definition) is 4. The lowest BCUT2D eigenvalue weighted by atomic mass is 10.1. The summed E-state index contributed by atoms with van der Waals surface area (Å²) in [6, 6.07) is 17.8. The van der Waals surface area contributed by atoms with E-state index in [9.17, 15) is 14.9 Å². The minimum Gasteiger partial charge on any atom is -0.497 e. The van der Waals surface area contributed by atoms with Crippen molar-refractivity contribution in [2.75, 3.05) is 14.2 Å². The largest absolute Gasteiger partial charge is 0.497 e. The summed E-state index contributed by atoms with van der Waals surface area (Å²) in [5.41, 5.74) is 1.63. The van der Waals surface area contributed by atoms with Gasteiger partial charge in [0.25, 0.3) is 5.69 Å². The molecule has 0 N–H and O–H groups in total. The van der Waals surface area contributed by atoms with Crippen LogP contribution >= 0.6 is 0 Å². The molecule has 0 aliphatic rings. The Morgan fingerprint density at radius 1 is 1.10 bits per heavy atom. The zero-order chi connectivity index (χ0) is 21.0. The molecule has 1 atom stereocenters. The van der Waals surface area contributed by atoms with Crippen LogP contribution in [-0.4, -0.2) is 29.9 Å². The number of benzene rings is 3. The Labute approximate surface area is 169 Å². The van der Waals surface area contributed by atoms with Gasteiger partial charge in [0, 0.05) is 25.3 Å². The van der Waals surface area contributed by atoms with E-state index in [1.54, 1.807) is 37.3 Å². The molecule has 3 rings (SSSR count). The van der Waals surface area contributed by atoms with E-state index in [2.05, 4.69) is 0 Å². The average Bonchev–Trinajstić information content (AvgIpc) is 2.75. The molecule has 0 saturated heterocycles. The Kier molecular flexibility index (Phi) is 5.93. The summed E-state index contributed by atoms with van der Waals surface area (Å²) in [6.45, 7) is 1.84. The van der Waals surface area contributed by atoms with Crippen LogP contribution in [0.3, 0.4) is 0 Å². The number of carbonyl (C=O) groups is 1. The van der Waals surface area contributed by atoms with Gasteiger partial charge in [0.05, 0.1) is 18.1 Å². The molecule has 3 aromatic carbocycles. The molecule has 0 aliphatic carbocycles. The minimum atomic E-state index is -0.437. The first-order valence-electron chi connectivity index (χ1n) is 9.16. The van der Waals surface area contributed by atoms with E-state index in [-0.39, 0.29) is 17.6 Å². The van der Waals surface area contributed by atoms with Gasteiger partial charge in [-0.15, -0.1) is 0 Å². The highest BCUT2D eigenvalue weighted by Crippen LogP contribution is 2.24. The Bertz CT molecular complexity index is 1090. The topological polar surface area (TPSA) is 72.7 Å². The molecule has 0 saturated carbocycles. The van der Waals surface area contributed by atoms with Gasteiger partial charge in [-0.25, -0.2) is 0 Å². The van der Waals surface area contributed by atoms with E-state index in [4.69, 9.17) is 4.74 Å². The molecule has 0 radical (unpaired) electrons. The lowest BCUT2D eigenvalue weighted by Gasteiger charge is -2.24. The molecule has 3 aromatic rings. The van der Waals surface area contributed by atoms with Crippen LogP contribution in [-0.2, 0) is 4.79 Å². The fourth-order valence-electron chi connectivity index (χ4n) is 3.07. The Morgan fingerprint density at radius 2 is 1.83 bits per heavy atom. The molecule has 0 heterocycles. The first-order chi connectivity index (χ1) is 13.9. The van der Waals surface area contributed by atoms with E-state index in [0.29, 0.717) is 5.56 Å². The number of ether oxygens (including phenoxy) is 1. The van der Waals surface area contributed by atoms with Crippen molar-refractivity contribution in [2.45, 2.75) is 13.0 Å². The molecule has 0 spiro atoms. The molecule has 0 aromatic heterocycles. The van der Waals surface area contributed by atoms with Crippen molar-refractivity contribution in [1.29, 1.82) is 0 Å². The first kappa shape index (κ1) is 20.1. The van der Waals surface area contributed by atoms with E-state index >= 15 is 0 Å². The standard InChI is InChI=1S/C23H22N2O4/c1-16(18-5-4-6-21(14-18)25(27)28)24(2)23(26)12-8-17-7-9-20-15-22(29-3)11-10-19(20)13-17/h4-16H,1-3H3/b12-8+/t16-/m1/s1. The summed E-state index contributed by atoms with van der Waals surface area (Å²) in [5.74, 6) is 0.617. The van der Waals surface area contributed by atoms with Crippen LogP contribution in [0, 0.1) is 10.1 Å². The van der Waals surface area contributed by atoms with Crippen LogP contribution in [0.1, 0.15) is 24.1 Å². The maximum absolute atomic E-state index is 12.6. The summed E-state index contributed by atoms with van der Waals surface area (Å²) >= 11 is 0. The number of amides is 1. The van der Waals surface area contributed by atoms with Gasteiger partial charge in [-0.2, -0.15) is 0 Å². The normalized spacial score (nSPS) is 12.1. The van der Waals surface area contributed by atoms with Gasteiger partial charge in [0.15, 0.2) is 0 Å². The molecule has 6 heteroatoms. The first-order valence-corrected chi connectivity index (χ1v) is 9.16. The molecule has 1 amide bonds. The number of nitro benzene ring substituents is 1. The molecule has 0 bridgehead atoms. The van der Waals surface area contributed by atoms with Crippen LogP contribution in [0.25, 0.3) is 16.8 Å². The number of hydrogen-bond donors (Lipinski definition) is 0. The molecule has 6 nitrogen and oxygen atoms in total. The number of methoxy groups -OCH3 is 1. The number of nitrogens with zero attached hydrogens (tertiary/aromatic N) is 2. The van der Waals surface area contributed by atoms with Crippen molar-refractivity contribution in [1.82, 2.24) is 4.90 Å². The average molecular weight is 390 g/mol. The Hall–Kier alpha value is -3.67. The second kappa shape index (κ2) is 8.56. The maximum Gasteiger partial charge on any atom is 0.269 e. The van der Waals surface area contributed by atoms with Gasteiger partial charge in [-0.05, 0) is 53.1 Å². The third-order valence-electron chi connectivity index (χ3n) is 4.98. The highest BCUT2D eigenvalue weighted by molar-refractivity contribution is 5.93. The van der Waals surface area contributed by atoms with Crippen molar-refractivity contribution < 1.29 is 14.5 Å². The lowest BCUT2D eigenvalue weighted by molar-refractivity contribution is -0.384. The van der Waals surface area contributed by atoms with Gasteiger partial charge in [-0.1, -0.05) is 30.3 Å². The third kappa shape index (κ3) is 4.60. The summed E-state index contributed by atoms with van der Waals surface area (Å²) in [5, 5.41) is 13.1. The van der Waals surface area contributed by atoms with Crippen molar-refractivity contribution in [2.24, 2.45) is 0 Å². The van der Waals surface area contributed by atoms with E-state index in [0.717, 1.165) is 22.1 Å². The number of carbonyl (C=O) groups excluding carboxylic acids is 1. The molecule has 29 heavy (non-hydrogen) atoms. The maximum atomic E-state index is 12.6. The van der Waals surface area contributed by atoms with Gasteiger partial charge < -0.3 is 9.64 Å². The van der Waals surface area contributed by atoms with E-state index in [1.807, 2.05) is 43.3 Å². The van der Waals surface area contributed by atoms with E-state index in [1.165, 1.54) is 18.2 Å². The van der Waals surface area contributed by atoms with Gasteiger partial charge in [-0.3, -0.25) is 14.9 Å². The SMILES string of the molecule is COc1ccc2cc(/C=C/C(=O)N(C)[C@H](C)c3cccc([N+](=O)[O-])c3)ccc2c1. The smallest absolute Gasteiger partial charge is 0.269 e. The predicted octanol–water partition coefficient (Wildman–Crippen LogP) is 4.99. The highest BCUT2D eigenvalue weighted by Gasteiger charge is 2.17. The van der Waals surface area contributed by atoms with Crippen molar-refractivity contribution in [3.8, 4) is 5.75 Å². The Morgan fingerprint density at radius 3 is 2.55 bits per heavy atom. The number of likely N-dealkylation sites (N-methyl/N-ethyl adjacent to an activating group) is 1. The number of fused-ring (bicyclic) bond motifs is 1. The summed E-state index contributed by atoms with van der Waals surface area (Å²) in [7, 11) is 3.32. The summed E-state index contributed by atoms with van der Waals surface area (Å²) in [6.07, 6.45) is 3.28. The quantitative estimate of drug-likeness (QED) is 0.338. The molecule has 148 valence electrons. The minimum absolute atomic E-state index is 0.0125. The highest BCUT2D eigenvalue weighted by atomic mass is 16.6. The fourth-order valence-corrected chi connectivity index (χ4v) is 3.07. The van der Waals surface area contributed by atoms with Crippen LogP contribution in [0.15, 0.2) is 66.7 Å².